The smallest absolute Gasteiger partial charge is 0.400 e. The Bertz CT molecular complexity index is 2690. The van der Waals surface area contributed by atoms with Crippen molar-refractivity contribution in [3.63, 3.8) is 0 Å². The monoisotopic (exact) mass is 935 g/mol. The van der Waals surface area contributed by atoms with Gasteiger partial charge in [-0.25, -0.2) is 0 Å². The minimum atomic E-state index is -0.345. The lowest BCUT2D eigenvalue weighted by molar-refractivity contribution is 0.00578. The maximum absolute atomic E-state index is 6.74. The number of rotatable bonds is 15. The Balaban J connectivity index is 0.990. The van der Waals surface area contributed by atoms with Crippen molar-refractivity contribution in [2.45, 2.75) is 196 Å². The van der Waals surface area contributed by atoms with Gasteiger partial charge in [-0.3, -0.25) is 0 Å². The topological polar surface area (TPSA) is 18.5 Å². The summed E-state index contributed by atoms with van der Waals surface area (Å²) in [6.07, 6.45) is 29.8. The standard InChI is InChI=1S/C67H87BO2/c1-42(2)29-33-66(34-30-43(3)4)57-18-16-15-17-51(57)54-26-21-48(39-60(54)66)46-19-24-52-53-25-20-47(38-59(53)63(9,10)58(52)37-46)49-22-27-55-56-28-23-50(68-69-64(11,12)65(13,14)70-68)41-62(56)67(61(55)40-49,35-31-44(5)6)36-32-45(7)8/h16,18-22,24-27,37-45,55,61H,15,17,23,28-36H2,1-14H3. The van der Waals surface area contributed by atoms with Crippen molar-refractivity contribution in [1.82, 2.24) is 0 Å². The van der Waals surface area contributed by atoms with Crippen molar-refractivity contribution in [2.24, 2.45) is 40.9 Å². The van der Waals surface area contributed by atoms with E-state index >= 15 is 0 Å². The van der Waals surface area contributed by atoms with Crippen LogP contribution in [0.5, 0.6) is 0 Å². The summed E-state index contributed by atoms with van der Waals surface area (Å²) in [6.45, 7) is 33.0. The Kier molecular flexibility index (Phi) is 12.9. The summed E-state index contributed by atoms with van der Waals surface area (Å²) in [6, 6.07) is 22.5. The van der Waals surface area contributed by atoms with E-state index in [-0.39, 0.29) is 34.6 Å². The number of fused-ring (bicyclic) bond motifs is 7. The Labute approximate surface area is 425 Å². The van der Waals surface area contributed by atoms with E-state index in [4.69, 9.17) is 9.31 Å². The summed E-state index contributed by atoms with van der Waals surface area (Å²) in [5.74, 6) is 3.55. The van der Waals surface area contributed by atoms with E-state index in [0.717, 1.165) is 19.3 Å². The number of benzene rings is 3. The van der Waals surface area contributed by atoms with E-state index in [0.29, 0.717) is 35.5 Å². The van der Waals surface area contributed by atoms with Gasteiger partial charge >= 0.3 is 7.12 Å². The molecule has 370 valence electrons. The second-order valence-corrected chi connectivity index (χ2v) is 26.5. The van der Waals surface area contributed by atoms with E-state index in [1.807, 2.05) is 0 Å². The molecule has 0 saturated carbocycles. The number of hydrogen-bond donors (Lipinski definition) is 0. The van der Waals surface area contributed by atoms with Gasteiger partial charge in [-0.05, 0) is 218 Å². The lowest BCUT2D eigenvalue weighted by atomic mass is 9.62. The largest absolute Gasteiger partial charge is 0.490 e. The highest BCUT2D eigenvalue weighted by molar-refractivity contribution is 6.54. The van der Waals surface area contributed by atoms with E-state index in [1.165, 1.54) is 113 Å². The van der Waals surface area contributed by atoms with Gasteiger partial charge in [-0.2, -0.15) is 0 Å². The molecule has 3 aromatic carbocycles. The van der Waals surface area contributed by atoms with E-state index in [2.05, 4.69) is 188 Å². The first-order valence-electron chi connectivity index (χ1n) is 28.2. The molecule has 6 aliphatic carbocycles. The Morgan fingerprint density at radius 2 is 1.10 bits per heavy atom. The molecule has 70 heavy (non-hydrogen) atoms. The van der Waals surface area contributed by atoms with E-state index in [9.17, 15) is 0 Å². The zero-order chi connectivity index (χ0) is 49.7. The van der Waals surface area contributed by atoms with Crippen LogP contribution in [0.1, 0.15) is 202 Å². The van der Waals surface area contributed by atoms with Crippen LogP contribution in [-0.4, -0.2) is 18.3 Å². The number of allylic oxidation sites excluding steroid dienone is 12. The summed E-state index contributed by atoms with van der Waals surface area (Å²) in [7, 11) is -0.279. The van der Waals surface area contributed by atoms with Gasteiger partial charge in [0.1, 0.15) is 0 Å². The van der Waals surface area contributed by atoms with Gasteiger partial charge in [0.15, 0.2) is 0 Å². The molecule has 7 aliphatic rings. The molecule has 1 saturated heterocycles. The molecule has 1 heterocycles. The summed E-state index contributed by atoms with van der Waals surface area (Å²) < 4.78 is 13.5. The molecule has 2 unspecified atom stereocenters. The predicted octanol–water partition coefficient (Wildman–Crippen LogP) is 18.6. The third-order valence-electron chi connectivity index (χ3n) is 19.2. The third kappa shape index (κ3) is 8.32. The van der Waals surface area contributed by atoms with Crippen LogP contribution < -0.4 is 0 Å². The minimum absolute atomic E-state index is 0.0780. The second-order valence-electron chi connectivity index (χ2n) is 26.5. The quantitative estimate of drug-likeness (QED) is 0.141. The Hall–Kier alpha value is -3.92. The first-order chi connectivity index (χ1) is 33.2. The molecule has 3 aromatic rings. The van der Waals surface area contributed by atoms with Gasteiger partial charge in [-0.1, -0.05) is 161 Å². The summed E-state index contributed by atoms with van der Waals surface area (Å²) in [4.78, 5) is 0. The second kappa shape index (κ2) is 18.2. The molecule has 1 aliphatic heterocycles. The fourth-order valence-electron chi connectivity index (χ4n) is 14.2. The van der Waals surface area contributed by atoms with Crippen molar-refractivity contribution in [2.75, 3.05) is 0 Å². The van der Waals surface area contributed by atoms with Crippen molar-refractivity contribution in [3.05, 3.63) is 141 Å². The summed E-state index contributed by atoms with van der Waals surface area (Å²) in [5, 5.41) is 0. The summed E-state index contributed by atoms with van der Waals surface area (Å²) >= 11 is 0. The first kappa shape index (κ1) is 49.7. The normalized spacial score (nSPS) is 23.8. The van der Waals surface area contributed by atoms with Crippen LogP contribution in [0.15, 0.2) is 113 Å². The summed E-state index contributed by atoms with van der Waals surface area (Å²) in [5.41, 5.74) is 21.6. The van der Waals surface area contributed by atoms with Crippen LogP contribution in [0.2, 0.25) is 0 Å². The van der Waals surface area contributed by atoms with Crippen molar-refractivity contribution >= 4 is 18.3 Å². The van der Waals surface area contributed by atoms with Gasteiger partial charge in [0.25, 0.3) is 0 Å². The average molecular weight is 935 g/mol. The molecule has 2 atom stereocenters. The van der Waals surface area contributed by atoms with Crippen LogP contribution >= 0.6 is 0 Å². The lowest BCUT2D eigenvalue weighted by Crippen LogP contribution is -2.41. The molecule has 0 bridgehead atoms. The molecular formula is C67H87BO2. The van der Waals surface area contributed by atoms with Gasteiger partial charge in [0, 0.05) is 22.2 Å². The maximum Gasteiger partial charge on any atom is 0.490 e. The lowest BCUT2D eigenvalue weighted by Gasteiger charge is -2.41. The van der Waals surface area contributed by atoms with E-state index < -0.39 is 0 Å². The van der Waals surface area contributed by atoms with Crippen LogP contribution in [0.3, 0.4) is 0 Å². The molecule has 0 radical (unpaired) electrons. The Morgan fingerprint density at radius 3 is 1.69 bits per heavy atom. The molecule has 0 amide bonds. The zero-order valence-electron chi connectivity index (χ0n) is 46.0. The van der Waals surface area contributed by atoms with E-state index in [1.54, 1.807) is 27.9 Å². The fourth-order valence-corrected chi connectivity index (χ4v) is 14.2. The maximum atomic E-state index is 6.74. The van der Waals surface area contributed by atoms with Crippen molar-refractivity contribution < 1.29 is 9.31 Å². The highest BCUT2D eigenvalue weighted by Gasteiger charge is 2.56. The third-order valence-corrected chi connectivity index (χ3v) is 19.2. The highest BCUT2D eigenvalue weighted by atomic mass is 16.7. The molecule has 3 heteroatoms. The fraction of sp³-hybridized carbons (Fsp3) is 0.552. The number of hydrogen-bond acceptors (Lipinski definition) is 2. The average Bonchev–Trinajstić information content (AvgIpc) is 3.92. The molecule has 0 N–H and O–H groups in total. The van der Waals surface area contributed by atoms with Crippen molar-refractivity contribution in [3.8, 4) is 22.3 Å². The predicted molar refractivity (Wildman–Crippen MR) is 300 cm³/mol. The Morgan fingerprint density at radius 1 is 0.571 bits per heavy atom. The molecular weight excluding hydrogens is 848 g/mol. The molecule has 10 rings (SSSR count). The zero-order valence-corrected chi connectivity index (χ0v) is 46.0. The van der Waals surface area contributed by atoms with Crippen molar-refractivity contribution in [1.29, 1.82) is 0 Å². The van der Waals surface area contributed by atoms with Gasteiger partial charge in [0.2, 0.25) is 0 Å². The molecule has 0 aromatic heterocycles. The highest BCUT2D eigenvalue weighted by Crippen LogP contribution is 2.63. The van der Waals surface area contributed by atoms with Crippen LogP contribution in [0, 0.1) is 40.9 Å². The van der Waals surface area contributed by atoms with Crippen LogP contribution in [0.25, 0.3) is 33.4 Å². The van der Waals surface area contributed by atoms with Gasteiger partial charge in [0.05, 0.1) is 11.2 Å². The van der Waals surface area contributed by atoms with Crippen LogP contribution in [0.4, 0.5) is 0 Å². The molecule has 2 nitrogen and oxygen atoms in total. The minimum Gasteiger partial charge on any atom is -0.400 e. The molecule has 0 spiro atoms. The first-order valence-corrected chi connectivity index (χ1v) is 28.2. The SMILES string of the molecule is CC(C)CCC1(CCC(C)C)C2=C(CCC=C2)c2ccc(-c3ccc4c(c3)C(C)(C)c3cc(C5=CC6C(C=C5)C5=C(C=C(B7OC(C)(C)C(C)(C)O7)CC5)C6(CCC(C)C)CCC(C)C)ccc3-4)cc21. The van der Waals surface area contributed by atoms with Gasteiger partial charge < -0.3 is 9.31 Å². The van der Waals surface area contributed by atoms with Crippen LogP contribution in [-0.2, 0) is 20.1 Å². The molecule has 1 fully saturated rings. The van der Waals surface area contributed by atoms with Gasteiger partial charge in [-0.15, -0.1) is 0 Å².